The predicted molar refractivity (Wildman–Crippen MR) is 33.9 cm³/mol. The lowest BCUT2D eigenvalue weighted by molar-refractivity contribution is -0.118. The number of hydrogen-bond donors (Lipinski definition) is 1. The van der Waals surface area contributed by atoms with Crippen LogP contribution in [0.1, 0.15) is 0 Å². The lowest BCUT2D eigenvalue weighted by Crippen LogP contribution is -2.33. The Bertz CT molecular complexity index is 192. The fourth-order valence-corrected chi connectivity index (χ4v) is 1.27. The Balaban J connectivity index is 2.76. The molecule has 9 heavy (non-hydrogen) atoms. The second kappa shape index (κ2) is 2.53. The molecule has 50 valence electrons. The largest absolute Gasteiger partial charge is 0.270 e. The first kappa shape index (κ1) is 6.81. The van der Waals surface area contributed by atoms with Crippen LogP contribution in [0.15, 0.2) is 9.63 Å². The number of amides is 1. The summed E-state index contributed by atoms with van der Waals surface area (Å²) in [5.74, 6) is -0.427. The van der Waals surface area contributed by atoms with Crippen molar-refractivity contribution in [1.29, 1.82) is 0 Å². The number of halogens is 1. The molecular weight excluding hydrogens is 210 g/mol. The van der Waals surface area contributed by atoms with Crippen LogP contribution < -0.4 is 4.72 Å². The van der Waals surface area contributed by atoms with Crippen LogP contribution in [-0.4, -0.2) is 15.1 Å². The summed E-state index contributed by atoms with van der Waals surface area (Å²) in [6.07, 6.45) is 0. The van der Waals surface area contributed by atoms with Crippen LogP contribution in [0.25, 0.3) is 0 Å². The van der Waals surface area contributed by atoms with E-state index in [1.165, 1.54) is 0 Å². The van der Waals surface area contributed by atoms with Crippen LogP contribution in [0.5, 0.6) is 0 Å². The maximum absolute atomic E-state index is 10.5. The van der Waals surface area contributed by atoms with Crippen LogP contribution in [-0.2, 0) is 16.0 Å². The second-order valence-electron chi connectivity index (χ2n) is 1.25. The smallest absolute Gasteiger partial charge is 0.270 e. The number of carbonyl (C=O) groups excluding carboxylic acids is 1. The summed E-state index contributed by atoms with van der Waals surface area (Å²) in [6.45, 7) is 0. The molecule has 1 heterocycles. The van der Waals surface area contributed by atoms with E-state index >= 15 is 0 Å². The Kier molecular flexibility index (Phi) is 1.91. The number of carbonyl (C=O) groups is 1. The molecule has 0 spiro atoms. The standard InChI is InChI=1S/C2H2BrN3O2S/c3-1-2(7)5-9(8)6-4-1/h1H,(H,5,7). The second-order valence-corrected chi connectivity index (χ2v) is 2.98. The highest BCUT2D eigenvalue weighted by molar-refractivity contribution is 9.10. The first-order chi connectivity index (χ1) is 4.20. The summed E-state index contributed by atoms with van der Waals surface area (Å²) in [5.41, 5.74) is 0. The van der Waals surface area contributed by atoms with Crippen LogP contribution in [0.3, 0.4) is 0 Å². The van der Waals surface area contributed by atoms with E-state index in [-0.39, 0.29) is 0 Å². The van der Waals surface area contributed by atoms with E-state index in [0.29, 0.717) is 0 Å². The molecule has 0 bridgehead atoms. The minimum atomic E-state index is -1.66. The summed E-state index contributed by atoms with van der Waals surface area (Å²) < 4.78 is 15.6. The number of alkyl halides is 1. The molecule has 1 rings (SSSR count). The molecule has 5 nitrogen and oxygen atoms in total. The molecule has 2 atom stereocenters. The van der Waals surface area contributed by atoms with Gasteiger partial charge in [-0.05, 0) is 0 Å². The van der Waals surface area contributed by atoms with E-state index in [4.69, 9.17) is 0 Å². The average Bonchev–Trinajstić information content (AvgIpc) is 1.80. The molecule has 1 N–H and O–H groups in total. The fourth-order valence-electron chi connectivity index (χ4n) is 0.292. The van der Waals surface area contributed by atoms with Gasteiger partial charge in [-0.1, -0.05) is 20.4 Å². The van der Waals surface area contributed by atoms with Gasteiger partial charge in [0.1, 0.15) is 0 Å². The molecular formula is C2H2BrN3O2S. The maximum Gasteiger partial charge on any atom is 0.270 e. The minimum Gasteiger partial charge on any atom is -0.270 e. The van der Waals surface area contributed by atoms with Crippen molar-refractivity contribution in [2.45, 2.75) is 4.95 Å². The lowest BCUT2D eigenvalue weighted by Gasteiger charge is -2.05. The van der Waals surface area contributed by atoms with E-state index < -0.39 is 22.0 Å². The Morgan fingerprint density at radius 1 is 1.78 bits per heavy atom. The molecule has 0 aromatic heterocycles. The highest BCUT2D eigenvalue weighted by atomic mass is 79.9. The third-order valence-corrected chi connectivity index (χ3v) is 1.84. The van der Waals surface area contributed by atoms with E-state index in [2.05, 4.69) is 30.3 Å². The molecule has 0 aromatic rings. The summed E-state index contributed by atoms with van der Waals surface area (Å²) >= 11 is 1.21. The van der Waals surface area contributed by atoms with Gasteiger partial charge in [0, 0.05) is 0 Å². The van der Waals surface area contributed by atoms with Gasteiger partial charge in [-0.25, -0.2) is 4.21 Å². The Morgan fingerprint density at radius 2 is 2.44 bits per heavy atom. The number of nitrogens with zero attached hydrogens (tertiary/aromatic N) is 2. The Labute approximate surface area is 61.8 Å². The van der Waals surface area contributed by atoms with Gasteiger partial charge in [-0.2, -0.15) is 5.11 Å². The molecule has 0 saturated carbocycles. The molecule has 0 saturated heterocycles. The van der Waals surface area contributed by atoms with Crippen molar-refractivity contribution in [2.75, 3.05) is 0 Å². The van der Waals surface area contributed by atoms with Crippen LogP contribution >= 0.6 is 15.9 Å². The lowest BCUT2D eigenvalue weighted by atomic mass is 10.6. The highest BCUT2D eigenvalue weighted by Crippen LogP contribution is 2.06. The van der Waals surface area contributed by atoms with Gasteiger partial charge in [0.15, 0.2) is 0 Å². The molecule has 0 aromatic carbocycles. The van der Waals surface area contributed by atoms with Crippen molar-refractivity contribution in [3.63, 3.8) is 0 Å². The van der Waals surface area contributed by atoms with E-state index in [0.717, 1.165) is 0 Å². The third-order valence-electron chi connectivity index (χ3n) is 0.627. The third kappa shape index (κ3) is 1.55. The SMILES string of the molecule is O=C1NS(=O)N=NC1Br. The van der Waals surface area contributed by atoms with E-state index in [1.807, 2.05) is 0 Å². The topological polar surface area (TPSA) is 70.9 Å². The monoisotopic (exact) mass is 211 g/mol. The summed E-state index contributed by atoms with van der Waals surface area (Å²) in [5, 5.41) is 3.32. The van der Waals surface area contributed by atoms with Crippen LogP contribution in [0.2, 0.25) is 0 Å². The Morgan fingerprint density at radius 3 is 2.89 bits per heavy atom. The molecule has 2 unspecified atom stereocenters. The molecule has 0 aliphatic carbocycles. The molecule has 1 aliphatic rings. The van der Waals surface area contributed by atoms with E-state index in [1.54, 1.807) is 0 Å². The normalized spacial score (nSPS) is 34.1. The zero-order valence-electron chi connectivity index (χ0n) is 4.07. The first-order valence-electron chi connectivity index (χ1n) is 1.97. The number of rotatable bonds is 0. The van der Waals surface area contributed by atoms with Gasteiger partial charge in [-0.15, -0.1) is 0 Å². The molecule has 0 radical (unpaired) electrons. The van der Waals surface area contributed by atoms with Gasteiger partial charge < -0.3 is 0 Å². The average molecular weight is 212 g/mol. The van der Waals surface area contributed by atoms with Crippen molar-refractivity contribution >= 4 is 33.0 Å². The highest BCUT2D eigenvalue weighted by Gasteiger charge is 2.20. The maximum atomic E-state index is 10.5. The summed E-state index contributed by atoms with van der Waals surface area (Å²) in [6, 6.07) is 0. The zero-order valence-corrected chi connectivity index (χ0v) is 6.48. The van der Waals surface area contributed by atoms with Crippen molar-refractivity contribution in [3.05, 3.63) is 0 Å². The summed E-state index contributed by atoms with van der Waals surface area (Å²) in [4.78, 5) is 9.81. The Hall–Kier alpha value is -0.300. The molecule has 7 heteroatoms. The minimum absolute atomic E-state index is 0.427. The van der Waals surface area contributed by atoms with Gasteiger partial charge in [0.05, 0.1) is 0 Å². The van der Waals surface area contributed by atoms with Gasteiger partial charge >= 0.3 is 0 Å². The number of nitrogens with one attached hydrogen (secondary N) is 1. The van der Waals surface area contributed by atoms with Crippen LogP contribution in [0.4, 0.5) is 0 Å². The fraction of sp³-hybridized carbons (Fsp3) is 0.500. The molecule has 0 fully saturated rings. The molecule has 1 aliphatic heterocycles. The predicted octanol–water partition coefficient (Wildman–Crippen LogP) is -0.132. The quantitative estimate of drug-likeness (QED) is 0.448. The van der Waals surface area contributed by atoms with Gasteiger partial charge in [-0.3, -0.25) is 9.52 Å². The van der Waals surface area contributed by atoms with Crippen molar-refractivity contribution in [3.8, 4) is 0 Å². The van der Waals surface area contributed by atoms with Crippen molar-refractivity contribution in [1.82, 2.24) is 4.72 Å². The number of hydrogen-bond acceptors (Lipinski definition) is 3. The van der Waals surface area contributed by atoms with Gasteiger partial charge in [0.25, 0.3) is 17.1 Å². The van der Waals surface area contributed by atoms with E-state index in [9.17, 15) is 9.00 Å². The van der Waals surface area contributed by atoms with Crippen molar-refractivity contribution < 1.29 is 9.00 Å². The molecule has 1 amide bonds. The van der Waals surface area contributed by atoms with Crippen molar-refractivity contribution in [2.24, 2.45) is 9.63 Å². The summed E-state index contributed by atoms with van der Waals surface area (Å²) in [7, 11) is 0. The first-order valence-corrected chi connectivity index (χ1v) is 3.99. The zero-order chi connectivity index (χ0) is 6.85. The van der Waals surface area contributed by atoms with Gasteiger partial charge in [0.2, 0.25) is 4.95 Å². The van der Waals surface area contributed by atoms with Crippen LogP contribution in [0, 0.1) is 0 Å².